The number of hydrogen-bond acceptors (Lipinski definition) is 4. The van der Waals surface area contributed by atoms with Gasteiger partial charge in [0, 0.05) is 17.9 Å². The Morgan fingerprint density at radius 1 is 1.22 bits per heavy atom. The lowest BCUT2D eigenvalue weighted by Gasteiger charge is -2.11. The predicted octanol–water partition coefficient (Wildman–Crippen LogP) is 2.85. The van der Waals surface area contributed by atoms with Crippen LogP contribution in [0.25, 0.3) is 11.1 Å². The number of aromatic nitrogens is 1. The summed E-state index contributed by atoms with van der Waals surface area (Å²) in [6.07, 6.45) is 4.75. The maximum atomic E-state index is 11.1. The third-order valence-electron chi connectivity index (χ3n) is 3.96. The van der Waals surface area contributed by atoms with E-state index in [1.807, 2.05) is 24.3 Å². The van der Waals surface area contributed by atoms with Crippen LogP contribution in [0.15, 0.2) is 30.3 Å². The Hall–Kier alpha value is -1.88. The van der Waals surface area contributed by atoms with Crippen LogP contribution in [0.4, 0.5) is 0 Å². The maximum Gasteiger partial charge on any atom is 0.213 e. The van der Waals surface area contributed by atoms with Crippen LogP contribution in [0.3, 0.4) is 0 Å². The Labute approximate surface area is 137 Å². The summed E-state index contributed by atoms with van der Waals surface area (Å²) in [5, 5.41) is 0. The van der Waals surface area contributed by atoms with Crippen LogP contribution in [-0.4, -0.2) is 32.0 Å². The Morgan fingerprint density at radius 3 is 2.91 bits per heavy atom. The summed E-state index contributed by atoms with van der Waals surface area (Å²) in [6.45, 7) is 0.364. The van der Waals surface area contributed by atoms with Crippen molar-refractivity contribution in [1.82, 2.24) is 4.98 Å². The van der Waals surface area contributed by atoms with Gasteiger partial charge >= 0.3 is 0 Å². The molecule has 121 valence electrons. The fraction of sp³-hybridized carbons (Fsp3) is 0.389. The topological polar surface area (TPSA) is 56.3 Å². The third-order valence-corrected chi connectivity index (χ3v) is 4.99. The molecule has 1 aliphatic carbocycles. The molecule has 3 rings (SSSR count). The molecule has 2 aromatic rings. The molecule has 0 amide bonds. The average molecular weight is 330 g/mol. The van der Waals surface area contributed by atoms with Gasteiger partial charge in [-0.25, -0.2) is 13.4 Å². The molecule has 0 fully saturated rings. The van der Waals surface area contributed by atoms with E-state index >= 15 is 0 Å². The molecule has 0 N–H and O–H groups in total. The zero-order valence-electron chi connectivity index (χ0n) is 13.2. The number of benzene rings is 1. The number of pyridine rings is 1. The minimum absolute atomic E-state index is 0.140. The van der Waals surface area contributed by atoms with E-state index in [9.17, 15) is 8.42 Å². The van der Waals surface area contributed by atoms with E-state index in [4.69, 9.17) is 4.74 Å². The highest BCUT2D eigenvalue weighted by molar-refractivity contribution is 7.90. The van der Waals surface area contributed by atoms with E-state index < -0.39 is 9.84 Å². The van der Waals surface area contributed by atoms with Crippen LogP contribution >= 0.6 is 0 Å². The maximum absolute atomic E-state index is 11.1. The highest BCUT2D eigenvalue weighted by Crippen LogP contribution is 2.32. The number of rotatable bonds is 5. The van der Waals surface area contributed by atoms with Crippen LogP contribution in [-0.2, 0) is 22.7 Å². The summed E-state index contributed by atoms with van der Waals surface area (Å²) in [6, 6.07) is 13.2. The highest BCUT2D eigenvalue weighted by Gasteiger charge is 2.15. The van der Waals surface area contributed by atoms with Gasteiger partial charge in [-0.3, -0.25) is 0 Å². The minimum atomic E-state index is -2.94. The Bertz CT molecular complexity index is 800. The third kappa shape index (κ3) is 4.10. The lowest BCUT2D eigenvalue weighted by Crippen LogP contribution is -2.09. The van der Waals surface area contributed by atoms with Crippen molar-refractivity contribution in [2.75, 3.05) is 18.6 Å². The molecule has 1 aliphatic rings. The Kier molecular flexibility index (Phi) is 4.66. The van der Waals surface area contributed by atoms with Crippen molar-refractivity contribution < 1.29 is 13.2 Å². The summed E-state index contributed by atoms with van der Waals surface area (Å²) >= 11 is 0. The molecular formula is C18H20NO3S. The molecule has 5 heteroatoms. The van der Waals surface area contributed by atoms with Gasteiger partial charge in [0.05, 0.1) is 18.1 Å². The second kappa shape index (κ2) is 6.71. The number of nitrogens with zero attached hydrogens (tertiary/aromatic N) is 1. The molecule has 1 aromatic carbocycles. The van der Waals surface area contributed by atoms with Crippen LogP contribution in [0.2, 0.25) is 0 Å². The number of sulfone groups is 1. The van der Waals surface area contributed by atoms with Crippen LogP contribution < -0.4 is 4.74 Å². The Morgan fingerprint density at radius 2 is 2.09 bits per heavy atom. The SMILES string of the molecule is CS(=O)(=O)CCCOc1ccc2c(n1)CCCc1cc[c]cc1-2. The normalized spacial score (nSPS) is 13.8. The van der Waals surface area contributed by atoms with Gasteiger partial charge < -0.3 is 4.74 Å². The molecule has 1 radical (unpaired) electrons. The molecule has 0 bridgehead atoms. The largest absolute Gasteiger partial charge is 0.478 e. The summed E-state index contributed by atoms with van der Waals surface area (Å²) in [7, 11) is -2.94. The van der Waals surface area contributed by atoms with Crippen molar-refractivity contribution in [3.05, 3.63) is 47.7 Å². The predicted molar refractivity (Wildman–Crippen MR) is 90.4 cm³/mol. The van der Waals surface area contributed by atoms with Crippen molar-refractivity contribution in [1.29, 1.82) is 0 Å². The fourth-order valence-electron chi connectivity index (χ4n) is 2.87. The summed E-state index contributed by atoms with van der Waals surface area (Å²) < 4.78 is 27.8. The van der Waals surface area contributed by atoms with Crippen LogP contribution in [0, 0.1) is 6.07 Å². The first kappa shape index (κ1) is 16.0. The number of fused-ring (bicyclic) bond motifs is 3. The molecule has 0 atom stereocenters. The standard InChI is InChI=1S/C18H20NO3S/c1-23(20,21)13-5-12-22-18-11-10-16-15-8-3-2-6-14(15)7-4-9-17(16)19-18/h2,6,8,10-11H,4-5,7,9,12-13H2,1H3. The average Bonchev–Trinajstić information content (AvgIpc) is 2.69. The molecule has 0 aliphatic heterocycles. The lowest BCUT2D eigenvalue weighted by atomic mass is 9.99. The number of aryl methyl sites for hydroxylation is 2. The van der Waals surface area contributed by atoms with E-state index in [0.29, 0.717) is 18.9 Å². The van der Waals surface area contributed by atoms with Crippen molar-refractivity contribution in [3.63, 3.8) is 0 Å². The van der Waals surface area contributed by atoms with Gasteiger partial charge in [0.15, 0.2) is 0 Å². The number of hydrogen-bond donors (Lipinski definition) is 0. The first-order valence-corrected chi connectivity index (χ1v) is 9.89. The number of ether oxygens (including phenoxy) is 1. The van der Waals surface area contributed by atoms with E-state index in [1.165, 1.54) is 17.4 Å². The summed E-state index contributed by atoms with van der Waals surface area (Å²) in [4.78, 5) is 4.62. The van der Waals surface area contributed by atoms with Gasteiger partial charge in [-0.2, -0.15) is 0 Å². The summed E-state index contributed by atoms with van der Waals surface area (Å²) in [5.74, 6) is 0.710. The first-order valence-electron chi connectivity index (χ1n) is 7.83. The van der Waals surface area contributed by atoms with Gasteiger partial charge in [-0.05, 0) is 55.0 Å². The molecule has 0 saturated heterocycles. The molecule has 0 unspecified atom stereocenters. The van der Waals surface area contributed by atoms with Gasteiger partial charge in [0.25, 0.3) is 0 Å². The van der Waals surface area contributed by atoms with Crippen molar-refractivity contribution in [3.8, 4) is 17.0 Å². The van der Waals surface area contributed by atoms with E-state index in [1.54, 1.807) is 0 Å². The quantitative estimate of drug-likeness (QED) is 0.791. The molecule has 4 nitrogen and oxygen atoms in total. The molecular weight excluding hydrogens is 310 g/mol. The van der Waals surface area contributed by atoms with E-state index in [-0.39, 0.29) is 5.75 Å². The van der Waals surface area contributed by atoms with Crippen LogP contribution in [0.1, 0.15) is 24.1 Å². The molecule has 1 heterocycles. The summed E-state index contributed by atoms with van der Waals surface area (Å²) in [5.41, 5.74) is 4.74. The van der Waals surface area contributed by atoms with Crippen LogP contribution in [0.5, 0.6) is 5.88 Å². The first-order chi connectivity index (χ1) is 11.0. The molecule has 1 aromatic heterocycles. The minimum Gasteiger partial charge on any atom is -0.478 e. The molecule has 0 spiro atoms. The van der Waals surface area contributed by atoms with Crippen molar-refractivity contribution in [2.24, 2.45) is 0 Å². The van der Waals surface area contributed by atoms with Gasteiger partial charge in [-0.15, -0.1) is 0 Å². The van der Waals surface area contributed by atoms with Gasteiger partial charge in [0.2, 0.25) is 5.88 Å². The van der Waals surface area contributed by atoms with Crippen molar-refractivity contribution >= 4 is 9.84 Å². The van der Waals surface area contributed by atoms with E-state index in [0.717, 1.165) is 30.5 Å². The second-order valence-electron chi connectivity index (χ2n) is 5.91. The monoisotopic (exact) mass is 330 g/mol. The van der Waals surface area contributed by atoms with Crippen molar-refractivity contribution in [2.45, 2.75) is 25.7 Å². The zero-order chi connectivity index (χ0) is 16.3. The van der Waals surface area contributed by atoms with Gasteiger partial charge in [-0.1, -0.05) is 12.1 Å². The van der Waals surface area contributed by atoms with E-state index in [2.05, 4.69) is 17.1 Å². The smallest absolute Gasteiger partial charge is 0.213 e. The van der Waals surface area contributed by atoms with Gasteiger partial charge in [0.1, 0.15) is 9.84 Å². The highest BCUT2D eigenvalue weighted by atomic mass is 32.2. The molecule has 23 heavy (non-hydrogen) atoms. The lowest BCUT2D eigenvalue weighted by molar-refractivity contribution is 0.305. The fourth-order valence-corrected chi connectivity index (χ4v) is 3.52. The zero-order valence-corrected chi connectivity index (χ0v) is 14.0. The molecule has 0 saturated carbocycles. The Balaban J connectivity index is 1.74. The second-order valence-corrected chi connectivity index (χ2v) is 8.17.